The molecule has 0 atom stereocenters. The lowest BCUT2D eigenvalue weighted by molar-refractivity contribution is -0.105. The van der Waals surface area contributed by atoms with Gasteiger partial charge in [0.05, 0.1) is 0 Å². The van der Waals surface area contributed by atoms with Gasteiger partial charge >= 0.3 is 6.03 Å². The number of carbonyl (C=O) groups is 1. The molecule has 5 heteroatoms. The number of fused-ring (bicyclic) bond motifs is 1. The smallest absolute Gasteiger partial charge is 0.319 e. The van der Waals surface area contributed by atoms with Crippen molar-refractivity contribution in [2.45, 2.75) is 44.4 Å². The summed E-state index contributed by atoms with van der Waals surface area (Å²) in [6, 6.07) is 15.1. The summed E-state index contributed by atoms with van der Waals surface area (Å²) in [6.07, 6.45) is 5.32. The van der Waals surface area contributed by atoms with E-state index in [0.29, 0.717) is 18.0 Å². The van der Waals surface area contributed by atoms with E-state index in [4.69, 9.17) is 9.47 Å². The van der Waals surface area contributed by atoms with Crippen LogP contribution in [0.15, 0.2) is 48.5 Å². The largest absolute Gasteiger partial charge is 0.448 e. The van der Waals surface area contributed by atoms with Crippen molar-refractivity contribution in [3.05, 3.63) is 54.1 Å². The van der Waals surface area contributed by atoms with E-state index in [1.165, 1.54) is 6.42 Å². The minimum atomic E-state index is -0.491. The van der Waals surface area contributed by atoms with Gasteiger partial charge in [0.25, 0.3) is 5.79 Å². The summed E-state index contributed by atoms with van der Waals surface area (Å²) in [4.78, 5) is 12.1. The van der Waals surface area contributed by atoms with Crippen LogP contribution in [-0.4, -0.2) is 11.8 Å². The fraction of sp³-hybridized carbons (Fsp3) is 0.350. The predicted molar refractivity (Wildman–Crippen MR) is 95.8 cm³/mol. The van der Waals surface area contributed by atoms with Crippen LogP contribution in [0.2, 0.25) is 0 Å². The highest BCUT2D eigenvalue weighted by molar-refractivity contribution is 5.89. The summed E-state index contributed by atoms with van der Waals surface area (Å²) in [5, 5.41) is 5.70. The van der Waals surface area contributed by atoms with E-state index in [1.807, 2.05) is 48.5 Å². The number of ether oxygens (including phenoxy) is 2. The molecule has 5 nitrogen and oxygen atoms in total. The van der Waals surface area contributed by atoms with Gasteiger partial charge in [0.1, 0.15) is 0 Å². The summed E-state index contributed by atoms with van der Waals surface area (Å²) in [5.41, 5.74) is 1.75. The van der Waals surface area contributed by atoms with Gasteiger partial charge < -0.3 is 20.1 Å². The minimum Gasteiger partial charge on any atom is -0.448 e. The zero-order valence-corrected chi connectivity index (χ0v) is 14.1. The summed E-state index contributed by atoms with van der Waals surface area (Å²) in [6.45, 7) is 0.486. The van der Waals surface area contributed by atoms with Crippen LogP contribution in [0, 0.1) is 0 Å². The SMILES string of the molecule is O=C(NCc1ccccc1)Nc1ccc2c(c1)OC1(CCCCC1)O2. The van der Waals surface area contributed by atoms with E-state index in [0.717, 1.165) is 37.0 Å². The van der Waals surface area contributed by atoms with Gasteiger partial charge in [-0.25, -0.2) is 4.79 Å². The number of carbonyl (C=O) groups excluding carboxylic acids is 1. The molecule has 0 saturated heterocycles. The fourth-order valence-electron chi connectivity index (χ4n) is 3.42. The molecule has 2 aliphatic rings. The van der Waals surface area contributed by atoms with Gasteiger partial charge in [0.15, 0.2) is 11.5 Å². The van der Waals surface area contributed by atoms with Crippen LogP contribution in [-0.2, 0) is 6.54 Å². The van der Waals surface area contributed by atoms with Crippen LogP contribution in [0.3, 0.4) is 0 Å². The summed E-state index contributed by atoms with van der Waals surface area (Å²) in [7, 11) is 0. The summed E-state index contributed by atoms with van der Waals surface area (Å²) >= 11 is 0. The lowest BCUT2D eigenvalue weighted by Gasteiger charge is -2.31. The van der Waals surface area contributed by atoms with Crippen LogP contribution in [0.25, 0.3) is 0 Å². The Hall–Kier alpha value is -2.69. The van der Waals surface area contributed by atoms with E-state index in [1.54, 1.807) is 0 Å². The van der Waals surface area contributed by atoms with Gasteiger partial charge in [0.2, 0.25) is 0 Å². The first-order valence-corrected chi connectivity index (χ1v) is 8.83. The van der Waals surface area contributed by atoms with Crippen molar-refractivity contribution in [2.24, 2.45) is 0 Å². The average molecular weight is 338 g/mol. The molecular weight excluding hydrogens is 316 g/mol. The first-order chi connectivity index (χ1) is 12.2. The number of nitrogens with one attached hydrogen (secondary N) is 2. The Kier molecular flexibility index (Phi) is 4.22. The number of amides is 2. The van der Waals surface area contributed by atoms with E-state index in [9.17, 15) is 4.79 Å². The van der Waals surface area contributed by atoms with Crippen molar-refractivity contribution in [3.63, 3.8) is 0 Å². The molecule has 1 aliphatic heterocycles. The van der Waals surface area contributed by atoms with Crippen LogP contribution in [0.5, 0.6) is 11.5 Å². The lowest BCUT2D eigenvalue weighted by atomic mass is 9.94. The Labute approximate surface area is 147 Å². The van der Waals surface area contributed by atoms with Crippen molar-refractivity contribution in [3.8, 4) is 11.5 Å². The highest BCUT2D eigenvalue weighted by atomic mass is 16.7. The van der Waals surface area contributed by atoms with Crippen molar-refractivity contribution in [1.82, 2.24) is 5.32 Å². The first-order valence-electron chi connectivity index (χ1n) is 8.83. The third-order valence-electron chi connectivity index (χ3n) is 4.70. The molecule has 1 saturated carbocycles. The lowest BCUT2D eigenvalue weighted by Crippen LogP contribution is -2.40. The van der Waals surface area contributed by atoms with Crippen molar-refractivity contribution in [2.75, 3.05) is 5.32 Å². The van der Waals surface area contributed by atoms with Crippen LogP contribution in [0.4, 0.5) is 10.5 Å². The van der Waals surface area contributed by atoms with Gasteiger partial charge in [-0.1, -0.05) is 36.8 Å². The maximum absolute atomic E-state index is 12.1. The molecule has 1 spiro atoms. The standard InChI is InChI=1S/C20H22N2O3/c23-19(21-14-15-7-3-1-4-8-15)22-16-9-10-17-18(13-16)25-20(24-17)11-5-2-6-12-20/h1,3-4,7-10,13H,2,5-6,11-12,14H2,(H2,21,22,23). The molecule has 0 bridgehead atoms. The van der Waals surface area contributed by atoms with Gasteiger partial charge in [-0.05, 0) is 30.5 Å². The third kappa shape index (κ3) is 3.55. The van der Waals surface area contributed by atoms with Gasteiger partial charge in [-0.3, -0.25) is 0 Å². The van der Waals surface area contributed by atoms with E-state index < -0.39 is 5.79 Å². The second-order valence-corrected chi connectivity index (χ2v) is 6.63. The Morgan fingerprint density at radius 3 is 2.52 bits per heavy atom. The number of urea groups is 1. The molecule has 1 heterocycles. The fourth-order valence-corrected chi connectivity index (χ4v) is 3.42. The van der Waals surface area contributed by atoms with Gasteiger partial charge in [-0.2, -0.15) is 0 Å². The molecule has 2 amide bonds. The van der Waals surface area contributed by atoms with E-state index in [-0.39, 0.29) is 6.03 Å². The molecule has 1 fully saturated rings. The maximum Gasteiger partial charge on any atom is 0.319 e. The molecular formula is C20H22N2O3. The van der Waals surface area contributed by atoms with Crippen LogP contribution in [0.1, 0.15) is 37.7 Å². The Morgan fingerprint density at radius 2 is 1.72 bits per heavy atom. The molecule has 2 N–H and O–H groups in total. The number of hydrogen-bond acceptors (Lipinski definition) is 3. The molecule has 0 aromatic heterocycles. The number of anilines is 1. The van der Waals surface area contributed by atoms with Crippen molar-refractivity contribution >= 4 is 11.7 Å². The second kappa shape index (κ2) is 6.67. The highest BCUT2D eigenvalue weighted by Gasteiger charge is 2.42. The van der Waals surface area contributed by atoms with E-state index >= 15 is 0 Å². The van der Waals surface area contributed by atoms with Gasteiger partial charge in [0, 0.05) is 31.1 Å². The Balaban J connectivity index is 1.37. The molecule has 0 unspecified atom stereocenters. The molecule has 130 valence electrons. The summed E-state index contributed by atoms with van der Waals surface area (Å²) < 4.78 is 12.1. The van der Waals surface area contributed by atoms with Crippen molar-refractivity contribution < 1.29 is 14.3 Å². The topological polar surface area (TPSA) is 59.6 Å². The molecule has 4 rings (SSSR count). The third-order valence-corrected chi connectivity index (χ3v) is 4.70. The number of hydrogen-bond donors (Lipinski definition) is 2. The summed E-state index contributed by atoms with van der Waals surface area (Å²) in [5.74, 6) is 0.981. The molecule has 2 aromatic carbocycles. The monoisotopic (exact) mass is 338 g/mol. The van der Waals surface area contributed by atoms with Crippen LogP contribution < -0.4 is 20.1 Å². The first kappa shape index (κ1) is 15.8. The highest BCUT2D eigenvalue weighted by Crippen LogP contribution is 2.46. The van der Waals surface area contributed by atoms with Crippen molar-refractivity contribution in [1.29, 1.82) is 0 Å². The molecule has 0 radical (unpaired) electrons. The molecule has 1 aliphatic carbocycles. The van der Waals surface area contributed by atoms with Gasteiger partial charge in [-0.15, -0.1) is 0 Å². The van der Waals surface area contributed by atoms with E-state index in [2.05, 4.69) is 10.6 Å². The zero-order chi connectivity index (χ0) is 17.1. The second-order valence-electron chi connectivity index (χ2n) is 6.63. The maximum atomic E-state index is 12.1. The average Bonchev–Trinajstić information content (AvgIpc) is 2.98. The Morgan fingerprint density at radius 1 is 0.960 bits per heavy atom. The molecule has 2 aromatic rings. The normalized spacial score (nSPS) is 17.3. The quantitative estimate of drug-likeness (QED) is 0.870. The van der Waals surface area contributed by atoms with Crippen LogP contribution >= 0.6 is 0 Å². The predicted octanol–water partition coefficient (Wildman–Crippen LogP) is 4.44. The number of rotatable bonds is 3. The zero-order valence-electron chi connectivity index (χ0n) is 14.1. The Bertz CT molecular complexity index is 755. The molecule has 25 heavy (non-hydrogen) atoms. The minimum absolute atomic E-state index is 0.241. The number of benzene rings is 2.